The lowest BCUT2D eigenvalue weighted by Gasteiger charge is -2.34. The molecule has 0 fully saturated rings. The van der Waals surface area contributed by atoms with Crippen molar-refractivity contribution in [2.24, 2.45) is 4.99 Å². The lowest BCUT2D eigenvalue weighted by molar-refractivity contribution is -0.149. The molecule has 2 aromatic rings. The summed E-state index contributed by atoms with van der Waals surface area (Å²) in [5.41, 5.74) is -0.224. The first-order valence-electron chi connectivity index (χ1n) is 11.7. The van der Waals surface area contributed by atoms with E-state index in [4.69, 9.17) is 14.5 Å². The quantitative estimate of drug-likeness (QED) is 0.396. The van der Waals surface area contributed by atoms with Crippen LogP contribution in [0.3, 0.4) is 0 Å². The van der Waals surface area contributed by atoms with Gasteiger partial charge >= 0.3 is 11.9 Å². The minimum atomic E-state index is -1.09. The number of unbranched alkanes of at least 4 members (excludes halogenated alkanes) is 4. The first-order chi connectivity index (χ1) is 15.5. The van der Waals surface area contributed by atoms with E-state index < -0.39 is 5.66 Å². The number of carbonyl (C=O) groups is 2. The highest BCUT2D eigenvalue weighted by Gasteiger charge is 2.36. The summed E-state index contributed by atoms with van der Waals surface area (Å²) in [5.74, 6) is -0.535. The Morgan fingerprint density at radius 3 is 2.16 bits per heavy atom. The number of hydrogen-bond acceptors (Lipinski definition) is 6. The third-order valence-electron chi connectivity index (χ3n) is 5.71. The zero-order valence-corrected chi connectivity index (χ0v) is 19.2. The van der Waals surface area contributed by atoms with Crippen LogP contribution in [0.15, 0.2) is 35.3 Å². The van der Waals surface area contributed by atoms with E-state index in [-0.39, 0.29) is 25.2 Å². The molecule has 0 atom stereocenters. The topological polar surface area (TPSA) is 77.0 Å². The third kappa shape index (κ3) is 5.87. The fourth-order valence-corrected chi connectivity index (χ4v) is 3.89. The number of esters is 2. The number of carbonyl (C=O) groups excluding carboxylic acids is 2. The molecule has 0 unspecified atom stereocenters. The van der Waals surface area contributed by atoms with E-state index >= 15 is 0 Å². The molecule has 172 valence electrons. The van der Waals surface area contributed by atoms with Crippen molar-refractivity contribution in [3.63, 3.8) is 0 Å². The average Bonchev–Trinajstić information content (AvgIpc) is 2.79. The van der Waals surface area contributed by atoms with E-state index in [1.165, 1.54) is 0 Å². The maximum absolute atomic E-state index is 12.3. The van der Waals surface area contributed by atoms with Gasteiger partial charge in [0.1, 0.15) is 13.2 Å². The SMILES string of the molecule is C=c1ccc2cccc3c2c1=NC(COC(=O)CCCCC)(COC(=O)CCCCC)N3. The molecule has 1 aliphatic heterocycles. The van der Waals surface area contributed by atoms with Crippen LogP contribution < -0.4 is 15.9 Å². The Kier molecular flexibility index (Phi) is 8.26. The van der Waals surface area contributed by atoms with Crippen molar-refractivity contribution in [2.75, 3.05) is 18.5 Å². The Morgan fingerprint density at radius 1 is 0.938 bits per heavy atom. The van der Waals surface area contributed by atoms with Gasteiger partial charge in [-0.3, -0.25) is 9.59 Å². The number of nitrogens with zero attached hydrogens (tertiary/aromatic N) is 1. The van der Waals surface area contributed by atoms with Crippen LogP contribution in [0.2, 0.25) is 0 Å². The molecule has 0 saturated carbocycles. The van der Waals surface area contributed by atoms with Crippen molar-refractivity contribution in [2.45, 2.75) is 70.9 Å². The van der Waals surface area contributed by atoms with Crippen molar-refractivity contribution < 1.29 is 19.1 Å². The van der Waals surface area contributed by atoms with Crippen molar-refractivity contribution in [3.05, 3.63) is 40.9 Å². The van der Waals surface area contributed by atoms with Gasteiger partial charge in [-0.2, -0.15) is 0 Å². The fourth-order valence-electron chi connectivity index (χ4n) is 3.89. The molecule has 3 rings (SSSR count). The highest BCUT2D eigenvalue weighted by Crippen LogP contribution is 2.28. The molecule has 1 heterocycles. The van der Waals surface area contributed by atoms with E-state index in [2.05, 4.69) is 25.7 Å². The zero-order chi connectivity index (χ0) is 23.0. The summed E-state index contributed by atoms with van der Waals surface area (Å²) in [6.07, 6.45) is 6.37. The maximum Gasteiger partial charge on any atom is 0.305 e. The summed E-state index contributed by atoms with van der Waals surface area (Å²) in [5, 5.41) is 6.93. The number of hydrogen-bond donors (Lipinski definition) is 1. The van der Waals surface area contributed by atoms with Crippen LogP contribution in [0.1, 0.15) is 65.2 Å². The largest absolute Gasteiger partial charge is 0.461 e. The Hall–Kier alpha value is -2.89. The first kappa shape index (κ1) is 23.8. The van der Waals surface area contributed by atoms with Gasteiger partial charge in [0.05, 0.1) is 5.36 Å². The van der Waals surface area contributed by atoms with E-state index in [9.17, 15) is 9.59 Å². The van der Waals surface area contributed by atoms with Crippen LogP contribution >= 0.6 is 0 Å². The van der Waals surface area contributed by atoms with Crippen molar-refractivity contribution >= 4 is 35.0 Å². The molecule has 6 heteroatoms. The Bertz CT molecular complexity index is 1040. The van der Waals surface area contributed by atoms with Gasteiger partial charge in [0, 0.05) is 23.9 Å². The monoisotopic (exact) mass is 438 g/mol. The van der Waals surface area contributed by atoms with E-state index in [1.807, 2.05) is 30.3 Å². The van der Waals surface area contributed by atoms with Crippen molar-refractivity contribution in [1.29, 1.82) is 0 Å². The second-order valence-electron chi connectivity index (χ2n) is 8.48. The van der Waals surface area contributed by atoms with Crippen LogP contribution in [0.4, 0.5) is 5.69 Å². The second kappa shape index (κ2) is 11.1. The third-order valence-corrected chi connectivity index (χ3v) is 5.71. The summed E-state index contributed by atoms with van der Waals surface area (Å²) in [6.45, 7) is 8.27. The van der Waals surface area contributed by atoms with Gasteiger partial charge in [0.2, 0.25) is 0 Å². The van der Waals surface area contributed by atoms with Gasteiger partial charge in [-0.05, 0) is 29.5 Å². The zero-order valence-electron chi connectivity index (χ0n) is 19.2. The summed E-state index contributed by atoms with van der Waals surface area (Å²) >= 11 is 0. The van der Waals surface area contributed by atoms with Gasteiger partial charge < -0.3 is 14.8 Å². The average molecular weight is 439 g/mol. The van der Waals surface area contributed by atoms with Gasteiger partial charge in [0.15, 0.2) is 5.66 Å². The van der Waals surface area contributed by atoms with Crippen LogP contribution in [-0.4, -0.2) is 30.8 Å². The fraction of sp³-hybridized carbons (Fsp3) is 0.500. The normalized spacial score (nSPS) is 13.8. The van der Waals surface area contributed by atoms with E-state index in [0.29, 0.717) is 12.8 Å². The molecule has 0 spiro atoms. The number of nitrogens with one attached hydrogen (secondary N) is 1. The molecule has 6 nitrogen and oxygen atoms in total. The number of rotatable bonds is 12. The highest BCUT2D eigenvalue weighted by atomic mass is 16.6. The molecule has 0 radical (unpaired) electrons. The summed E-state index contributed by atoms with van der Waals surface area (Å²) < 4.78 is 11.2. The summed E-state index contributed by atoms with van der Waals surface area (Å²) in [4.78, 5) is 29.5. The standard InChI is InChI=1S/C26H34N2O4/c1-4-6-8-13-22(29)31-17-26(18-32-23(30)14-9-7-5-2)27-21-12-10-11-20-16-15-19(3)25(28-26)24(20)21/h10-12,15-16,27H,3-9,13-14,17-18H2,1-2H3. The predicted molar refractivity (Wildman–Crippen MR) is 127 cm³/mol. The number of benzene rings is 2. The molecule has 2 aromatic carbocycles. The molecule has 0 bridgehead atoms. The smallest absolute Gasteiger partial charge is 0.305 e. The van der Waals surface area contributed by atoms with E-state index in [0.717, 1.165) is 65.6 Å². The van der Waals surface area contributed by atoms with Gasteiger partial charge in [0.25, 0.3) is 0 Å². The molecule has 1 N–H and O–H groups in total. The number of ether oxygens (including phenoxy) is 2. The highest BCUT2D eigenvalue weighted by molar-refractivity contribution is 5.94. The summed E-state index contributed by atoms with van der Waals surface area (Å²) in [7, 11) is 0. The lowest BCUT2D eigenvalue weighted by atomic mass is 10.0. The minimum Gasteiger partial charge on any atom is -0.461 e. The molecule has 0 amide bonds. The molecule has 0 aliphatic carbocycles. The van der Waals surface area contributed by atoms with Crippen LogP contribution in [0, 0.1) is 0 Å². The van der Waals surface area contributed by atoms with E-state index in [1.54, 1.807) is 0 Å². The van der Waals surface area contributed by atoms with Crippen LogP contribution in [0.25, 0.3) is 17.4 Å². The first-order valence-corrected chi connectivity index (χ1v) is 11.7. The molecule has 32 heavy (non-hydrogen) atoms. The Morgan fingerprint density at radius 2 is 1.56 bits per heavy atom. The molecule has 0 saturated heterocycles. The van der Waals surface area contributed by atoms with Crippen LogP contribution in [0.5, 0.6) is 0 Å². The lowest BCUT2D eigenvalue weighted by Crippen LogP contribution is -2.51. The second-order valence-corrected chi connectivity index (χ2v) is 8.48. The van der Waals surface area contributed by atoms with Gasteiger partial charge in [-0.15, -0.1) is 0 Å². The molecular weight excluding hydrogens is 404 g/mol. The number of anilines is 1. The van der Waals surface area contributed by atoms with Crippen LogP contribution in [-0.2, 0) is 19.1 Å². The van der Waals surface area contributed by atoms with Gasteiger partial charge in [-0.25, -0.2) is 4.99 Å². The molecular formula is C26H34N2O4. The molecule has 1 aliphatic rings. The minimum absolute atomic E-state index is 0.0235. The summed E-state index contributed by atoms with van der Waals surface area (Å²) in [6, 6.07) is 9.88. The maximum atomic E-state index is 12.3. The van der Waals surface area contributed by atoms with Crippen molar-refractivity contribution in [1.82, 2.24) is 0 Å². The predicted octanol–water partition coefficient (Wildman–Crippen LogP) is 4.24. The molecule has 0 aromatic heterocycles. The van der Waals surface area contributed by atoms with Gasteiger partial charge in [-0.1, -0.05) is 70.4 Å². The Labute approximate surface area is 189 Å². The van der Waals surface area contributed by atoms with Crippen molar-refractivity contribution in [3.8, 4) is 0 Å². The Balaban J connectivity index is 1.86.